The second kappa shape index (κ2) is 8.39. The quantitative estimate of drug-likeness (QED) is 0.401. The molecule has 0 rings (SSSR count). The molecule has 2 atom stereocenters. The number of carboxylic acid groups (broad SMARTS) is 2. The second-order valence-electron chi connectivity index (χ2n) is 1.57. The van der Waals surface area contributed by atoms with Crippen molar-refractivity contribution in [2.75, 3.05) is 0 Å². The van der Waals surface area contributed by atoms with Crippen molar-refractivity contribution in [2.24, 2.45) is 0 Å². The molecule has 0 aromatic rings. The molecule has 0 saturated carbocycles. The number of rotatable bonds is 3. The topological polar surface area (TPSA) is 115 Å². The number of hydrogen-bond donors (Lipinski definition) is 4. The van der Waals surface area contributed by atoms with Gasteiger partial charge in [-0.1, -0.05) is 0 Å². The summed E-state index contributed by atoms with van der Waals surface area (Å²) in [6.45, 7) is 0. The normalized spacial score (nSPS) is 13.2. The number of aliphatic hydroxyl groups excluding tert-OH is 2. The summed E-state index contributed by atoms with van der Waals surface area (Å²) < 4.78 is 0. The molecule has 2 unspecified atom stereocenters. The van der Waals surface area contributed by atoms with Crippen molar-refractivity contribution in [2.45, 2.75) is 12.2 Å². The van der Waals surface area contributed by atoms with E-state index in [-0.39, 0.29) is 63.8 Å². The second-order valence-corrected chi connectivity index (χ2v) is 1.57. The molecule has 0 aliphatic carbocycles. The Bertz CT molecular complexity index is 144. The van der Waals surface area contributed by atoms with Gasteiger partial charge in [0.1, 0.15) is 0 Å². The Balaban J connectivity index is -0.000000405. The van der Waals surface area contributed by atoms with E-state index < -0.39 is 24.1 Å². The molecule has 0 aromatic heterocycles. The molecule has 12 heavy (non-hydrogen) atoms. The predicted octanol–water partition coefficient (Wildman–Crippen LogP) is -2.35. The zero-order chi connectivity index (χ0) is 8.31. The van der Waals surface area contributed by atoms with Gasteiger partial charge in [-0.2, -0.15) is 0 Å². The van der Waals surface area contributed by atoms with Crippen LogP contribution in [-0.2, 0) is 9.59 Å². The molecule has 0 aromatic carbocycles. The fourth-order valence-corrected chi connectivity index (χ4v) is 0.270. The maximum absolute atomic E-state index is 9.77. The van der Waals surface area contributed by atoms with Crippen LogP contribution < -0.4 is 0 Å². The first-order valence-electron chi connectivity index (χ1n) is 2.28. The van der Waals surface area contributed by atoms with Gasteiger partial charge >= 0.3 is 63.3 Å². The van der Waals surface area contributed by atoms with Gasteiger partial charge in [0.2, 0.25) is 0 Å². The van der Waals surface area contributed by atoms with E-state index in [0.29, 0.717) is 0 Å². The van der Waals surface area contributed by atoms with Crippen LogP contribution in [0.2, 0.25) is 0 Å². The first-order chi connectivity index (χ1) is 4.46. The molecule has 68 valence electrons. The van der Waals surface area contributed by atoms with E-state index in [0.717, 1.165) is 0 Å². The van der Waals surface area contributed by atoms with Gasteiger partial charge in [0.15, 0.2) is 12.2 Å². The van der Waals surface area contributed by atoms with Gasteiger partial charge in [0, 0.05) is 0 Å². The number of aliphatic carboxylic acids is 2. The Morgan fingerprint density at radius 1 is 0.917 bits per heavy atom. The van der Waals surface area contributed by atoms with Crippen LogP contribution in [0.1, 0.15) is 0 Å². The van der Waals surface area contributed by atoms with Crippen molar-refractivity contribution in [3.63, 3.8) is 0 Å². The zero-order valence-corrected chi connectivity index (χ0v) is 5.98. The van der Waals surface area contributed by atoms with Crippen LogP contribution in [0, 0.1) is 0 Å². The monoisotopic (exact) mass is 226 g/mol. The van der Waals surface area contributed by atoms with Gasteiger partial charge in [-0.15, -0.1) is 12.4 Å². The third-order valence-corrected chi connectivity index (χ3v) is 0.805. The van der Waals surface area contributed by atoms with Crippen LogP contribution in [0.5, 0.6) is 0 Å². The number of carboxylic acids is 2. The summed E-state index contributed by atoms with van der Waals surface area (Å²) >= 11 is 0. The van der Waals surface area contributed by atoms with Gasteiger partial charge in [0.25, 0.3) is 0 Å². The van der Waals surface area contributed by atoms with E-state index in [9.17, 15) is 9.59 Å². The van der Waals surface area contributed by atoms with Crippen LogP contribution >= 0.6 is 12.4 Å². The predicted molar refractivity (Wildman–Crippen MR) is 41.7 cm³/mol. The van der Waals surface area contributed by atoms with Crippen LogP contribution in [0.4, 0.5) is 0 Å². The molecule has 0 aliphatic rings. The Labute approximate surface area is 116 Å². The molecule has 0 aliphatic heterocycles. The van der Waals surface area contributed by atoms with Gasteiger partial charge < -0.3 is 20.4 Å². The Hall–Kier alpha value is 0.786. The molecule has 0 saturated heterocycles. The van der Waals surface area contributed by atoms with Crippen molar-refractivity contribution < 1.29 is 30.0 Å². The maximum atomic E-state index is 9.77. The van der Waals surface area contributed by atoms with Gasteiger partial charge in [-0.05, 0) is 0 Å². The van der Waals surface area contributed by atoms with Crippen LogP contribution in [0.15, 0.2) is 0 Å². The average Bonchev–Trinajstić information content (AvgIpc) is 1.84. The minimum absolute atomic E-state index is 0. The number of carbonyl (C=O) groups is 2. The van der Waals surface area contributed by atoms with Crippen molar-refractivity contribution in [1.82, 2.24) is 0 Å². The van der Waals surface area contributed by atoms with Gasteiger partial charge in [-0.3, -0.25) is 0 Å². The number of hydrogen-bond acceptors (Lipinski definition) is 4. The fraction of sp³-hybridized carbons (Fsp3) is 0.500. The molecule has 0 heterocycles. The fourth-order valence-electron chi connectivity index (χ4n) is 0.270. The van der Waals surface area contributed by atoms with E-state index >= 15 is 0 Å². The third kappa shape index (κ3) is 6.32. The molecule has 6 nitrogen and oxygen atoms in total. The summed E-state index contributed by atoms with van der Waals surface area (Å²) in [4.78, 5) is 19.5. The van der Waals surface area contributed by atoms with Crippen LogP contribution in [0.25, 0.3) is 0 Å². The molecular weight excluding hydrogens is 219 g/mol. The summed E-state index contributed by atoms with van der Waals surface area (Å²) in [5.74, 6) is -3.54. The Morgan fingerprint density at radius 2 is 1.08 bits per heavy atom. The number of halogens is 1. The average molecular weight is 227 g/mol. The first kappa shape index (κ1) is 18.5. The van der Waals surface area contributed by atoms with Crippen molar-refractivity contribution in [1.29, 1.82) is 0 Å². The summed E-state index contributed by atoms with van der Waals surface area (Å²) in [5.41, 5.74) is 0. The molecular formula is C4H8ClKO6. The SMILES string of the molecule is Cl.O=C(O)C(O)C(O)C(=O)O.[KH]. The zero-order valence-electron chi connectivity index (χ0n) is 5.17. The van der Waals surface area contributed by atoms with Crippen molar-refractivity contribution in [3.8, 4) is 0 Å². The van der Waals surface area contributed by atoms with E-state index in [2.05, 4.69) is 0 Å². The summed E-state index contributed by atoms with van der Waals surface area (Å²) in [6.07, 6.45) is -4.53. The molecule has 0 radical (unpaired) electrons. The Kier molecular flexibility index (Phi) is 13.0. The number of aliphatic hydroxyl groups is 2. The molecule has 0 fully saturated rings. The Morgan fingerprint density at radius 3 is 1.17 bits per heavy atom. The standard InChI is InChI=1S/C4H6O6.ClH.K.H/c5-1(3(7)8)2(6)4(9)10;;;/h1-2,5-6H,(H,7,8)(H,9,10);1H;;. The van der Waals surface area contributed by atoms with Crippen molar-refractivity contribution in [3.05, 3.63) is 0 Å². The molecule has 8 heteroatoms. The molecule has 0 bridgehead atoms. The third-order valence-electron chi connectivity index (χ3n) is 0.805. The summed E-state index contributed by atoms with van der Waals surface area (Å²) in [7, 11) is 0. The molecule has 0 amide bonds. The van der Waals surface area contributed by atoms with E-state index in [1.807, 2.05) is 0 Å². The molecule has 0 spiro atoms. The minimum atomic E-state index is -2.27. The van der Waals surface area contributed by atoms with Crippen molar-refractivity contribution >= 4 is 75.7 Å². The van der Waals surface area contributed by atoms with Crippen LogP contribution in [0.3, 0.4) is 0 Å². The van der Waals surface area contributed by atoms with Gasteiger partial charge in [-0.25, -0.2) is 9.59 Å². The summed E-state index contributed by atoms with van der Waals surface area (Å²) in [5, 5.41) is 32.5. The summed E-state index contributed by atoms with van der Waals surface area (Å²) in [6, 6.07) is 0. The molecule has 4 N–H and O–H groups in total. The van der Waals surface area contributed by atoms with Gasteiger partial charge in [0.05, 0.1) is 0 Å². The van der Waals surface area contributed by atoms with E-state index in [1.165, 1.54) is 0 Å². The first-order valence-corrected chi connectivity index (χ1v) is 2.28. The van der Waals surface area contributed by atoms with E-state index in [1.54, 1.807) is 0 Å². The van der Waals surface area contributed by atoms with E-state index in [4.69, 9.17) is 20.4 Å². The van der Waals surface area contributed by atoms with Crippen LogP contribution in [-0.4, -0.2) is 96.0 Å².